The molecule has 3 aliphatic heterocycles. The van der Waals surface area contributed by atoms with Gasteiger partial charge in [-0.15, -0.1) is 0 Å². The Hall–Kier alpha value is -1.06. The van der Waals surface area contributed by atoms with Crippen molar-refractivity contribution in [3.63, 3.8) is 0 Å². The molecule has 3 aliphatic rings. The number of benzene rings is 1. The quantitative estimate of drug-likeness (QED) is 0.820. The van der Waals surface area contributed by atoms with Crippen molar-refractivity contribution in [1.82, 2.24) is 9.80 Å². The van der Waals surface area contributed by atoms with E-state index in [0.717, 1.165) is 24.8 Å². The highest BCUT2D eigenvalue weighted by Gasteiger charge is 2.36. The van der Waals surface area contributed by atoms with Crippen LogP contribution in [0.5, 0.6) is 5.75 Å². The van der Waals surface area contributed by atoms with Crippen molar-refractivity contribution in [2.24, 2.45) is 0 Å². The van der Waals surface area contributed by atoms with Crippen LogP contribution in [-0.4, -0.2) is 54.2 Å². The second-order valence-corrected chi connectivity index (χ2v) is 6.65. The molecule has 3 unspecified atom stereocenters. The molecule has 0 aliphatic carbocycles. The zero-order valence-electron chi connectivity index (χ0n) is 12.3. The van der Waals surface area contributed by atoms with Crippen molar-refractivity contribution in [2.45, 2.75) is 44.4 Å². The van der Waals surface area contributed by atoms with Gasteiger partial charge in [0.15, 0.2) is 0 Å². The van der Waals surface area contributed by atoms with Crippen LogP contribution < -0.4 is 4.74 Å². The van der Waals surface area contributed by atoms with Crippen LogP contribution in [0.3, 0.4) is 0 Å². The maximum absolute atomic E-state index is 6.11. The summed E-state index contributed by atoms with van der Waals surface area (Å²) in [5, 5.41) is 0. The predicted molar refractivity (Wildman–Crippen MR) is 80.2 cm³/mol. The summed E-state index contributed by atoms with van der Waals surface area (Å²) in [5.41, 5.74) is 1.38. The molecule has 0 spiro atoms. The highest BCUT2D eigenvalue weighted by Crippen LogP contribution is 2.30. The van der Waals surface area contributed by atoms with E-state index in [2.05, 4.69) is 41.0 Å². The van der Waals surface area contributed by atoms with Crippen molar-refractivity contribution < 1.29 is 4.74 Å². The highest BCUT2D eigenvalue weighted by atomic mass is 16.5. The van der Waals surface area contributed by atoms with Gasteiger partial charge < -0.3 is 4.74 Å². The topological polar surface area (TPSA) is 15.7 Å². The predicted octanol–water partition coefficient (Wildman–Crippen LogP) is 2.16. The van der Waals surface area contributed by atoms with Crippen LogP contribution >= 0.6 is 0 Å². The first kappa shape index (κ1) is 12.7. The van der Waals surface area contributed by atoms with Crippen LogP contribution in [0.25, 0.3) is 0 Å². The minimum absolute atomic E-state index is 0.350. The van der Waals surface area contributed by atoms with Gasteiger partial charge in [-0.3, -0.25) is 9.80 Å². The smallest absolute Gasteiger partial charge is 0.123 e. The molecule has 1 aromatic rings. The molecular weight excluding hydrogens is 248 g/mol. The molecule has 0 amide bonds. The summed E-state index contributed by atoms with van der Waals surface area (Å²) >= 11 is 0. The fourth-order valence-corrected chi connectivity index (χ4v) is 4.12. The first-order valence-corrected chi connectivity index (χ1v) is 8.02. The Morgan fingerprint density at radius 1 is 1.25 bits per heavy atom. The minimum Gasteiger partial charge on any atom is -0.488 e. The molecule has 1 aromatic carbocycles. The lowest BCUT2D eigenvalue weighted by Crippen LogP contribution is -2.56. The van der Waals surface area contributed by atoms with Crippen molar-refractivity contribution in [2.75, 3.05) is 26.2 Å². The van der Waals surface area contributed by atoms with Crippen molar-refractivity contribution in [1.29, 1.82) is 0 Å². The SMILES string of the molecule is CC1CN2CCCC2CN1CC1Cc2ccccc2O1. The highest BCUT2D eigenvalue weighted by molar-refractivity contribution is 5.37. The van der Waals surface area contributed by atoms with Gasteiger partial charge in [-0.2, -0.15) is 0 Å². The van der Waals surface area contributed by atoms with Crippen molar-refractivity contribution in [3.8, 4) is 5.75 Å². The third-order valence-corrected chi connectivity index (χ3v) is 5.22. The zero-order chi connectivity index (χ0) is 13.5. The Labute approximate surface area is 121 Å². The van der Waals surface area contributed by atoms with Gasteiger partial charge in [-0.25, -0.2) is 0 Å². The maximum atomic E-state index is 6.11. The Kier molecular flexibility index (Phi) is 3.20. The normalized spacial score (nSPS) is 33.8. The molecule has 108 valence electrons. The largest absolute Gasteiger partial charge is 0.488 e. The van der Waals surface area contributed by atoms with E-state index in [1.54, 1.807) is 0 Å². The first-order chi connectivity index (χ1) is 9.79. The summed E-state index contributed by atoms with van der Waals surface area (Å²) in [7, 11) is 0. The van der Waals surface area contributed by atoms with E-state index in [9.17, 15) is 0 Å². The van der Waals surface area contributed by atoms with Crippen LogP contribution in [0.2, 0.25) is 0 Å². The first-order valence-electron chi connectivity index (χ1n) is 8.02. The number of hydrogen-bond donors (Lipinski definition) is 0. The van der Waals surface area contributed by atoms with Crippen molar-refractivity contribution in [3.05, 3.63) is 29.8 Å². The summed E-state index contributed by atoms with van der Waals surface area (Å²) in [6, 6.07) is 9.96. The van der Waals surface area contributed by atoms with E-state index in [-0.39, 0.29) is 0 Å². The van der Waals surface area contributed by atoms with Gasteiger partial charge in [0, 0.05) is 38.1 Å². The minimum atomic E-state index is 0.350. The maximum Gasteiger partial charge on any atom is 0.123 e. The van der Waals surface area contributed by atoms with Crippen LogP contribution in [0.4, 0.5) is 0 Å². The van der Waals surface area contributed by atoms with Gasteiger partial charge in [-0.05, 0) is 37.9 Å². The average Bonchev–Trinajstić information content (AvgIpc) is 3.04. The van der Waals surface area contributed by atoms with E-state index in [1.165, 1.54) is 38.0 Å². The van der Waals surface area contributed by atoms with Gasteiger partial charge in [0.25, 0.3) is 0 Å². The number of ether oxygens (including phenoxy) is 1. The fourth-order valence-electron chi connectivity index (χ4n) is 4.12. The lowest BCUT2D eigenvalue weighted by molar-refractivity contribution is 0.0344. The van der Waals surface area contributed by atoms with E-state index < -0.39 is 0 Å². The summed E-state index contributed by atoms with van der Waals surface area (Å²) in [5.74, 6) is 1.10. The summed E-state index contributed by atoms with van der Waals surface area (Å²) in [4.78, 5) is 5.34. The monoisotopic (exact) mass is 272 g/mol. The van der Waals surface area contributed by atoms with Crippen LogP contribution in [0.1, 0.15) is 25.3 Å². The number of rotatable bonds is 2. The molecule has 3 heteroatoms. The Morgan fingerprint density at radius 2 is 2.15 bits per heavy atom. The Bertz CT molecular complexity index is 465. The van der Waals surface area contributed by atoms with E-state index in [4.69, 9.17) is 4.74 Å². The summed E-state index contributed by atoms with van der Waals surface area (Å²) < 4.78 is 6.11. The molecule has 0 saturated carbocycles. The lowest BCUT2D eigenvalue weighted by Gasteiger charge is -2.43. The van der Waals surface area contributed by atoms with Crippen molar-refractivity contribution >= 4 is 0 Å². The number of hydrogen-bond acceptors (Lipinski definition) is 3. The Morgan fingerprint density at radius 3 is 3.05 bits per heavy atom. The van der Waals surface area contributed by atoms with Gasteiger partial charge in [0.05, 0.1) is 0 Å². The van der Waals surface area contributed by atoms with E-state index in [0.29, 0.717) is 12.1 Å². The molecule has 0 aromatic heterocycles. The second kappa shape index (κ2) is 5.05. The van der Waals surface area contributed by atoms with Crippen LogP contribution in [0, 0.1) is 0 Å². The molecule has 20 heavy (non-hydrogen) atoms. The molecule has 2 saturated heterocycles. The molecule has 3 nitrogen and oxygen atoms in total. The molecule has 3 heterocycles. The van der Waals surface area contributed by atoms with E-state index >= 15 is 0 Å². The number of fused-ring (bicyclic) bond motifs is 2. The van der Waals surface area contributed by atoms with Gasteiger partial charge in [-0.1, -0.05) is 18.2 Å². The zero-order valence-corrected chi connectivity index (χ0v) is 12.3. The van der Waals surface area contributed by atoms with Gasteiger partial charge in [0.2, 0.25) is 0 Å². The standard InChI is InChI=1S/C17H24N2O/c1-13-10-18-8-4-6-15(18)11-19(13)12-16-9-14-5-2-3-7-17(14)20-16/h2-3,5,7,13,15-16H,4,6,8-12H2,1H3. The van der Waals surface area contributed by atoms with Crippen LogP contribution in [-0.2, 0) is 6.42 Å². The second-order valence-electron chi connectivity index (χ2n) is 6.65. The summed E-state index contributed by atoms with van der Waals surface area (Å²) in [6.45, 7) is 7.24. The molecular formula is C17H24N2O. The average molecular weight is 272 g/mol. The molecule has 0 N–H and O–H groups in total. The molecule has 0 bridgehead atoms. The van der Waals surface area contributed by atoms with Crippen LogP contribution in [0.15, 0.2) is 24.3 Å². The van der Waals surface area contributed by atoms with E-state index in [1.807, 2.05) is 0 Å². The van der Waals surface area contributed by atoms with Gasteiger partial charge in [0.1, 0.15) is 11.9 Å². The third-order valence-electron chi connectivity index (χ3n) is 5.22. The summed E-state index contributed by atoms with van der Waals surface area (Å²) in [6.07, 6.45) is 4.20. The van der Waals surface area contributed by atoms with Gasteiger partial charge >= 0.3 is 0 Å². The molecule has 2 fully saturated rings. The third kappa shape index (κ3) is 2.23. The number of para-hydroxylation sites is 1. The molecule has 3 atom stereocenters. The molecule has 0 radical (unpaired) electrons. The Balaban J connectivity index is 1.40. The molecule has 4 rings (SSSR count). The number of nitrogens with zero attached hydrogens (tertiary/aromatic N) is 2. The fraction of sp³-hybridized carbons (Fsp3) is 0.647. The lowest BCUT2D eigenvalue weighted by atomic mass is 10.1. The number of piperazine rings is 1.